The smallest absolute Gasteiger partial charge is 0.369 e. The molecule has 0 unspecified atom stereocenters. The molecule has 0 amide bonds. The average Bonchev–Trinajstić information content (AvgIpc) is 2.78. The summed E-state index contributed by atoms with van der Waals surface area (Å²) >= 11 is 0. The molecule has 0 heterocycles. The van der Waals surface area contributed by atoms with Crippen LogP contribution < -0.4 is 9.44 Å². The van der Waals surface area contributed by atoms with Gasteiger partial charge in [0.1, 0.15) is 0 Å². The second kappa shape index (κ2) is 10.5. The molecule has 0 radical (unpaired) electrons. The van der Waals surface area contributed by atoms with Gasteiger partial charge in [0.25, 0.3) is 15.8 Å². The maximum Gasteiger partial charge on any atom is 0.430 e. The first-order valence-corrected chi connectivity index (χ1v) is 14.7. The van der Waals surface area contributed by atoms with Crippen LogP contribution >= 0.6 is 0 Å². The summed E-state index contributed by atoms with van der Waals surface area (Å²) in [7, 11) is -9.75. The molecule has 0 bridgehead atoms. The topological polar surface area (TPSA) is 121 Å². The Morgan fingerprint density at radius 1 is 0.730 bits per heavy atom. The quantitative estimate of drug-likeness (QED) is 0.467. The first-order chi connectivity index (χ1) is 16.9. The molecule has 3 rings (SSSR count). The molecule has 37 heavy (non-hydrogen) atoms. The lowest BCUT2D eigenvalue weighted by molar-refractivity contribution is -0.376. The highest BCUT2D eigenvalue weighted by molar-refractivity contribution is 8.03. The molecule has 8 nitrogen and oxygen atoms in total. The number of rotatable bonds is 7. The summed E-state index contributed by atoms with van der Waals surface area (Å²) in [5, 5.41) is 15.0. The van der Waals surface area contributed by atoms with Gasteiger partial charge in [-0.05, 0) is 37.8 Å². The SMILES string of the molecule is NS(=O)(=O)N(C1CCCCC1)S(=O)(=O)N(c1ccc(C(O)(C(F)(F)F)C(F)(F)F)cc1)C1CCCCC1. The Labute approximate surface area is 211 Å². The van der Waals surface area contributed by atoms with E-state index in [4.69, 9.17) is 5.14 Å². The minimum atomic E-state index is -6.12. The highest BCUT2D eigenvalue weighted by atomic mass is 32.3. The van der Waals surface area contributed by atoms with Crippen LogP contribution in [0, 0.1) is 0 Å². The largest absolute Gasteiger partial charge is 0.430 e. The lowest BCUT2D eigenvalue weighted by Gasteiger charge is -2.40. The fraction of sp³-hybridized carbons (Fsp3) is 0.714. The van der Waals surface area contributed by atoms with Crippen LogP contribution in [0.25, 0.3) is 0 Å². The van der Waals surface area contributed by atoms with E-state index in [9.17, 15) is 48.3 Å². The van der Waals surface area contributed by atoms with Gasteiger partial charge < -0.3 is 5.11 Å². The normalized spacial score (nSPS) is 19.8. The molecule has 3 N–H and O–H groups in total. The molecule has 0 atom stereocenters. The highest BCUT2D eigenvalue weighted by Crippen LogP contribution is 2.50. The monoisotopic (exact) mass is 581 g/mol. The molecule has 16 heteroatoms. The van der Waals surface area contributed by atoms with Crippen molar-refractivity contribution in [2.45, 2.75) is 94.2 Å². The van der Waals surface area contributed by atoms with Gasteiger partial charge in [0.05, 0.1) is 5.69 Å². The standard InChI is InChI=1S/C21H29F6N3O5S2/c22-20(23,24)19(31,21(25,26)27)15-11-13-17(14-12-15)29(16-7-3-1-4-8-16)37(34,35)30(36(28,32)33)18-9-5-2-6-10-18/h11-14,16,18,31H,1-10H2,(H2,28,32,33). The van der Waals surface area contributed by atoms with Crippen LogP contribution in [0.15, 0.2) is 24.3 Å². The number of aliphatic hydroxyl groups is 1. The van der Waals surface area contributed by atoms with Crippen molar-refractivity contribution in [1.82, 2.24) is 3.71 Å². The summed E-state index contributed by atoms with van der Waals surface area (Å²) in [6.45, 7) is 0. The van der Waals surface area contributed by atoms with Crippen LogP contribution in [0.5, 0.6) is 0 Å². The number of nitrogens with zero attached hydrogens (tertiary/aromatic N) is 2. The van der Waals surface area contributed by atoms with E-state index in [0.29, 0.717) is 62.8 Å². The zero-order chi connectivity index (χ0) is 27.9. The Hall–Kier alpha value is -1.62. The first-order valence-electron chi connectivity index (χ1n) is 11.8. The first kappa shape index (κ1) is 29.9. The van der Waals surface area contributed by atoms with Crippen molar-refractivity contribution in [2.24, 2.45) is 5.14 Å². The molecule has 2 aliphatic carbocycles. The molecule has 212 valence electrons. The van der Waals surface area contributed by atoms with Gasteiger partial charge in [0.15, 0.2) is 0 Å². The zero-order valence-corrected chi connectivity index (χ0v) is 21.3. The maximum atomic E-state index is 13.9. The molecule has 1 aromatic carbocycles. The molecule has 0 saturated heterocycles. The van der Waals surface area contributed by atoms with Gasteiger partial charge in [0.2, 0.25) is 0 Å². The van der Waals surface area contributed by atoms with Crippen LogP contribution in [0.2, 0.25) is 0 Å². The van der Waals surface area contributed by atoms with Crippen molar-refractivity contribution in [3.63, 3.8) is 0 Å². The van der Waals surface area contributed by atoms with Crippen LogP contribution in [0.1, 0.15) is 69.8 Å². The number of hydrogen-bond acceptors (Lipinski definition) is 5. The molecular weight excluding hydrogens is 552 g/mol. The summed E-state index contributed by atoms with van der Waals surface area (Å²) in [6.07, 6.45) is -7.41. The van der Waals surface area contributed by atoms with Crippen molar-refractivity contribution in [3.8, 4) is 0 Å². The Morgan fingerprint density at radius 3 is 1.51 bits per heavy atom. The Morgan fingerprint density at radius 2 is 1.14 bits per heavy atom. The summed E-state index contributed by atoms with van der Waals surface area (Å²) < 4.78 is 134. The Balaban J connectivity index is 2.13. The van der Waals surface area contributed by atoms with E-state index in [1.807, 2.05) is 0 Å². The van der Waals surface area contributed by atoms with Crippen LogP contribution in [0.3, 0.4) is 0 Å². The van der Waals surface area contributed by atoms with Crippen molar-refractivity contribution in [3.05, 3.63) is 29.8 Å². The predicted octanol–water partition coefficient (Wildman–Crippen LogP) is 4.22. The molecule has 2 aliphatic rings. The third-order valence-corrected chi connectivity index (χ3v) is 10.6. The van der Waals surface area contributed by atoms with E-state index in [0.717, 1.165) is 17.1 Å². The lowest BCUT2D eigenvalue weighted by Crippen LogP contribution is -2.57. The second-order valence-corrected chi connectivity index (χ2v) is 12.7. The van der Waals surface area contributed by atoms with E-state index in [1.54, 1.807) is 0 Å². The van der Waals surface area contributed by atoms with Gasteiger partial charge in [-0.2, -0.15) is 43.2 Å². The molecular formula is C21H29F6N3O5S2. The van der Waals surface area contributed by atoms with Crippen LogP contribution in [-0.4, -0.2) is 50.1 Å². The maximum absolute atomic E-state index is 13.9. The lowest BCUT2D eigenvalue weighted by atomic mass is 9.91. The van der Waals surface area contributed by atoms with Crippen molar-refractivity contribution in [2.75, 3.05) is 4.31 Å². The van der Waals surface area contributed by atoms with E-state index >= 15 is 0 Å². The van der Waals surface area contributed by atoms with E-state index in [-0.39, 0.29) is 22.2 Å². The second-order valence-electron chi connectivity index (χ2n) is 9.41. The van der Waals surface area contributed by atoms with Gasteiger partial charge in [-0.15, -0.1) is 0 Å². The van der Waals surface area contributed by atoms with Gasteiger partial charge in [-0.1, -0.05) is 54.4 Å². The number of alkyl halides is 6. The van der Waals surface area contributed by atoms with Gasteiger partial charge in [-0.3, -0.25) is 4.31 Å². The number of anilines is 1. The minimum absolute atomic E-state index is 0.220. The predicted molar refractivity (Wildman–Crippen MR) is 123 cm³/mol. The summed E-state index contributed by atoms with van der Waals surface area (Å²) in [5.41, 5.74) is -7.10. The molecule has 2 fully saturated rings. The van der Waals surface area contributed by atoms with E-state index in [2.05, 4.69) is 0 Å². The van der Waals surface area contributed by atoms with Crippen molar-refractivity contribution in [1.29, 1.82) is 0 Å². The summed E-state index contributed by atoms with van der Waals surface area (Å²) in [4.78, 5) is 0. The van der Waals surface area contributed by atoms with Crippen molar-refractivity contribution >= 4 is 26.1 Å². The molecule has 2 saturated carbocycles. The zero-order valence-electron chi connectivity index (χ0n) is 19.7. The number of hydrogen-bond donors (Lipinski definition) is 2. The van der Waals surface area contributed by atoms with E-state index in [1.165, 1.54) is 0 Å². The summed E-state index contributed by atoms with van der Waals surface area (Å²) in [6, 6.07) is 0.298. The van der Waals surface area contributed by atoms with E-state index < -0.39 is 56.0 Å². The fourth-order valence-electron chi connectivity index (χ4n) is 5.09. The number of nitrogens with two attached hydrogens (primary N) is 1. The molecule has 0 spiro atoms. The van der Waals surface area contributed by atoms with Crippen LogP contribution in [0.4, 0.5) is 32.0 Å². The Kier molecular flexibility index (Phi) is 8.50. The summed E-state index contributed by atoms with van der Waals surface area (Å²) in [5.74, 6) is 0. The highest BCUT2D eigenvalue weighted by Gasteiger charge is 2.71. The van der Waals surface area contributed by atoms with Gasteiger partial charge >= 0.3 is 22.6 Å². The Bertz CT molecular complexity index is 1130. The fourth-order valence-corrected chi connectivity index (χ4v) is 8.72. The van der Waals surface area contributed by atoms with Gasteiger partial charge in [-0.25, -0.2) is 5.14 Å². The molecule has 0 aromatic heterocycles. The number of benzene rings is 1. The van der Waals surface area contributed by atoms with Crippen molar-refractivity contribution < 1.29 is 48.3 Å². The third-order valence-electron chi connectivity index (χ3n) is 6.87. The van der Waals surface area contributed by atoms with Gasteiger partial charge in [0, 0.05) is 17.6 Å². The van der Waals surface area contributed by atoms with Crippen LogP contribution in [-0.2, 0) is 26.0 Å². The average molecular weight is 582 g/mol. The molecule has 1 aromatic rings. The minimum Gasteiger partial charge on any atom is -0.369 e. The third kappa shape index (κ3) is 5.87. The molecule has 0 aliphatic heterocycles. The number of halogens is 6.